The largest absolute Gasteiger partial charge is 0.494 e. The van der Waals surface area contributed by atoms with E-state index in [2.05, 4.69) is 0 Å². The zero-order valence-electron chi connectivity index (χ0n) is 15.3. The van der Waals surface area contributed by atoms with Crippen LogP contribution in [0, 0.1) is 5.92 Å². The number of ketones is 1. The molecule has 0 radical (unpaired) electrons. The van der Waals surface area contributed by atoms with Crippen molar-refractivity contribution in [2.75, 3.05) is 18.1 Å². The molecule has 140 valence electrons. The van der Waals surface area contributed by atoms with Crippen LogP contribution in [0.3, 0.4) is 0 Å². The van der Waals surface area contributed by atoms with Crippen molar-refractivity contribution in [3.05, 3.63) is 54.1 Å². The first kappa shape index (κ1) is 18.6. The first-order valence-corrected chi connectivity index (χ1v) is 8.84. The van der Waals surface area contributed by atoms with Crippen molar-refractivity contribution in [2.24, 2.45) is 5.92 Å². The first-order valence-electron chi connectivity index (χ1n) is 8.84. The molecule has 6 nitrogen and oxygen atoms in total. The lowest BCUT2D eigenvalue weighted by atomic mass is 10.1. The molecule has 2 aromatic rings. The van der Waals surface area contributed by atoms with Crippen LogP contribution in [0.2, 0.25) is 0 Å². The van der Waals surface area contributed by atoms with Crippen LogP contribution < -0.4 is 14.4 Å². The van der Waals surface area contributed by atoms with Gasteiger partial charge in [-0.05, 0) is 62.4 Å². The molecule has 0 aliphatic carbocycles. The molecule has 1 atom stereocenters. The number of anilines is 1. The number of esters is 1. The van der Waals surface area contributed by atoms with Gasteiger partial charge in [-0.2, -0.15) is 0 Å². The molecule has 0 N–H and O–H groups in total. The van der Waals surface area contributed by atoms with Crippen molar-refractivity contribution >= 4 is 23.3 Å². The van der Waals surface area contributed by atoms with Crippen molar-refractivity contribution in [3.8, 4) is 11.5 Å². The Kier molecular flexibility index (Phi) is 5.54. The van der Waals surface area contributed by atoms with Crippen molar-refractivity contribution in [1.29, 1.82) is 0 Å². The van der Waals surface area contributed by atoms with Crippen LogP contribution in [0.25, 0.3) is 0 Å². The van der Waals surface area contributed by atoms with Gasteiger partial charge in [0.05, 0.1) is 12.5 Å². The average Bonchev–Trinajstić information content (AvgIpc) is 3.05. The smallest absolute Gasteiger partial charge is 0.316 e. The van der Waals surface area contributed by atoms with E-state index in [1.165, 1.54) is 6.92 Å². The Balaban J connectivity index is 1.63. The maximum absolute atomic E-state index is 12.4. The van der Waals surface area contributed by atoms with Crippen LogP contribution in [0.4, 0.5) is 5.69 Å². The van der Waals surface area contributed by atoms with E-state index < -0.39 is 11.9 Å². The maximum Gasteiger partial charge on any atom is 0.316 e. The molecule has 0 spiro atoms. The Morgan fingerprint density at radius 2 is 1.67 bits per heavy atom. The van der Waals surface area contributed by atoms with Gasteiger partial charge in [0.1, 0.15) is 11.5 Å². The molecule has 1 aliphatic rings. The highest BCUT2D eigenvalue weighted by Gasteiger charge is 2.36. The molecule has 6 heteroatoms. The molecular weight excluding hydrogens is 346 g/mol. The summed E-state index contributed by atoms with van der Waals surface area (Å²) in [6, 6.07) is 13.6. The van der Waals surface area contributed by atoms with E-state index >= 15 is 0 Å². The number of ether oxygens (including phenoxy) is 2. The highest BCUT2D eigenvalue weighted by Crippen LogP contribution is 2.28. The maximum atomic E-state index is 12.4. The molecule has 1 aliphatic heterocycles. The molecule has 0 saturated carbocycles. The molecule has 2 aromatic carbocycles. The average molecular weight is 367 g/mol. The Hall–Kier alpha value is -3.15. The fourth-order valence-corrected chi connectivity index (χ4v) is 2.96. The number of nitrogens with zero attached hydrogens (tertiary/aromatic N) is 1. The second kappa shape index (κ2) is 8.03. The minimum atomic E-state index is -0.531. The first-order chi connectivity index (χ1) is 13.0. The van der Waals surface area contributed by atoms with E-state index in [4.69, 9.17) is 9.47 Å². The molecule has 3 rings (SSSR count). The standard InChI is InChI=1S/C21H21NO5/c1-3-26-18-10-6-17(7-11-18)22-13-16(12-20(22)24)21(25)27-19-8-4-15(5-9-19)14(2)23/h4-11,16H,3,12-13H2,1-2H3/t16-/m0/s1. The summed E-state index contributed by atoms with van der Waals surface area (Å²) in [5, 5.41) is 0. The van der Waals surface area contributed by atoms with Gasteiger partial charge in [0.15, 0.2) is 5.78 Å². The number of Topliss-reactive ketones (excluding diaryl/α,β-unsaturated/α-hetero) is 1. The minimum Gasteiger partial charge on any atom is -0.494 e. The van der Waals surface area contributed by atoms with Crippen LogP contribution in [-0.2, 0) is 9.59 Å². The van der Waals surface area contributed by atoms with Gasteiger partial charge in [0.2, 0.25) is 5.91 Å². The third-order valence-electron chi connectivity index (χ3n) is 4.40. The summed E-state index contributed by atoms with van der Waals surface area (Å²) >= 11 is 0. The zero-order chi connectivity index (χ0) is 19.4. The molecule has 0 bridgehead atoms. The van der Waals surface area contributed by atoms with Crippen LogP contribution in [0.5, 0.6) is 11.5 Å². The predicted molar refractivity (Wildman–Crippen MR) is 100 cm³/mol. The normalized spacial score (nSPS) is 16.3. The summed E-state index contributed by atoms with van der Waals surface area (Å²) in [4.78, 5) is 37.6. The molecule has 1 amide bonds. The SMILES string of the molecule is CCOc1ccc(N2C[C@@H](C(=O)Oc3ccc(C(C)=O)cc3)CC2=O)cc1. The molecule has 1 fully saturated rings. The van der Waals surface area contributed by atoms with Gasteiger partial charge in [-0.25, -0.2) is 0 Å². The third kappa shape index (κ3) is 4.34. The molecule has 0 unspecified atom stereocenters. The number of hydrogen-bond acceptors (Lipinski definition) is 5. The van der Waals surface area contributed by atoms with E-state index in [1.807, 2.05) is 6.92 Å². The van der Waals surface area contributed by atoms with Crippen molar-refractivity contribution < 1.29 is 23.9 Å². The predicted octanol–water partition coefficient (Wildman–Crippen LogP) is 3.25. The summed E-state index contributed by atoms with van der Waals surface area (Å²) in [5.41, 5.74) is 1.28. The van der Waals surface area contributed by atoms with Gasteiger partial charge in [-0.15, -0.1) is 0 Å². The summed E-state index contributed by atoms with van der Waals surface area (Å²) in [6.07, 6.45) is 0.109. The summed E-state index contributed by atoms with van der Waals surface area (Å²) in [5.74, 6) is -0.0629. The van der Waals surface area contributed by atoms with Crippen molar-refractivity contribution in [3.63, 3.8) is 0 Å². The minimum absolute atomic E-state index is 0.0553. The molecule has 1 heterocycles. The van der Waals surface area contributed by atoms with Gasteiger partial charge < -0.3 is 14.4 Å². The van der Waals surface area contributed by atoms with Crippen LogP contribution in [0.1, 0.15) is 30.6 Å². The van der Waals surface area contributed by atoms with Gasteiger partial charge in [-0.3, -0.25) is 14.4 Å². The fraction of sp³-hybridized carbons (Fsp3) is 0.286. The number of rotatable bonds is 6. The number of carbonyl (C=O) groups is 3. The summed E-state index contributed by atoms with van der Waals surface area (Å²) < 4.78 is 10.8. The highest BCUT2D eigenvalue weighted by atomic mass is 16.5. The number of carbonyl (C=O) groups excluding carboxylic acids is 3. The van der Waals surface area contributed by atoms with E-state index in [-0.39, 0.29) is 24.7 Å². The third-order valence-corrected chi connectivity index (χ3v) is 4.40. The fourth-order valence-electron chi connectivity index (χ4n) is 2.96. The van der Waals surface area contributed by atoms with Crippen molar-refractivity contribution in [1.82, 2.24) is 0 Å². The van der Waals surface area contributed by atoms with E-state index in [1.54, 1.807) is 53.4 Å². The molecular formula is C21H21NO5. The highest BCUT2D eigenvalue weighted by molar-refractivity contribution is 5.99. The van der Waals surface area contributed by atoms with E-state index in [0.29, 0.717) is 17.9 Å². The Labute approximate surface area is 157 Å². The number of hydrogen-bond donors (Lipinski definition) is 0. The van der Waals surface area contributed by atoms with E-state index in [9.17, 15) is 14.4 Å². The lowest BCUT2D eigenvalue weighted by Gasteiger charge is -2.17. The second-order valence-corrected chi connectivity index (χ2v) is 6.33. The van der Waals surface area contributed by atoms with Gasteiger partial charge in [0.25, 0.3) is 0 Å². The Morgan fingerprint density at radius 1 is 1.04 bits per heavy atom. The second-order valence-electron chi connectivity index (χ2n) is 6.33. The van der Waals surface area contributed by atoms with E-state index in [0.717, 1.165) is 11.4 Å². The Morgan fingerprint density at radius 3 is 2.26 bits per heavy atom. The Bertz CT molecular complexity index is 842. The monoisotopic (exact) mass is 367 g/mol. The quantitative estimate of drug-likeness (QED) is 0.445. The summed E-state index contributed by atoms with van der Waals surface area (Å²) in [6.45, 7) is 4.23. The van der Waals surface area contributed by atoms with Crippen LogP contribution >= 0.6 is 0 Å². The zero-order valence-corrected chi connectivity index (χ0v) is 15.3. The van der Waals surface area contributed by atoms with Gasteiger partial charge in [-0.1, -0.05) is 0 Å². The molecule has 27 heavy (non-hydrogen) atoms. The van der Waals surface area contributed by atoms with Crippen molar-refractivity contribution in [2.45, 2.75) is 20.3 Å². The molecule has 1 saturated heterocycles. The summed E-state index contributed by atoms with van der Waals surface area (Å²) in [7, 11) is 0. The lowest BCUT2D eigenvalue weighted by molar-refractivity contribution is -0.139. The van der Waals surface area contributed by atoms with Gasteiger partial charge in [0, 0.05) is 24.2 Å². The molecule has 0 aromatic heterocycles. The number of benzene rings is 2. The number of amides is 1. The van der Waals surface area contributed by atoms with Gasteiger partial charge >= 0.3 is 5.97 Å². The lowest BCUT2D eigenvalue weighted by Crippen LogP contribution is -2.27. The van der Waals surface area contributed by atoms with Crippen LogP contribution in [-0.4, -0.2) is 30.8 Å². The van der Waals surface area contributed by atoms with Crippen LogP contribution in [0.15, 0.2) is 48.5 Å². The topological polar surface area (TPSA) is 72.9 Å².